The standard InChI is InChI=1S/C17H22N6O/c1-9-6-11-12(7-10(9)2)20-15(19-11)14-13(8-18-23-14)21-16(24)22-17(3,4)5/h6-8H,1-5H3,(H,18,23)(H,19,20)(H2,21,22,24). The quantitative estimate of drug-likeness (QED) is 0.580. The van der Waals surface area contributed by atoms with E-state index in [1.54, 1.807) is 6.20 Å². The number of anilines is 1. The second-order valence-electron chi connectivity index (χ2n) is 7.03. The predicted octanol–water partition coefficient (Wildman–Crippen LogP) is 3.49. The van der Waals surface area contributed by atoms with Gasteiger partial charge in [0, 0.05) is 5.54 Å². The zero-order valence-corrected chi connectivity index (χ0v) is 14.5. The van der Waals surface area contributed by atoms with Crippen LogP contribution in [0.5, 0.6) is 0 Å². The lowest BCUT2D eigenvalue weighted by atomic mass is 10.1. The Morgan fingerprint density at radius 3 is 2.58 bits per heavy atom. The van der Waals surface area contributed by atoms with Crippen LogP contribution in [-0.4, -0.2) is 31.7 Å². The Bertz CT molecular complexity index is 861. The highest BCUT2D eigenvalue weighted by Crippen LogP contribution is 2.26. The molecule has 0 bridgehead atoms. The number of urea groups is 1. The molecule has 7 heteroatoms. The summed E-state index contributed by atoms with van der Waals surface area (Å²) in [5.41, 5.74) is 5.12. The number of nitrogens with one attached hydrogen (secondary N) is 4. The van der Waals surface area contributed by atoms with Crippen LogP contribution < -0.4 is 10.6 Å². The van der Waals surface area contributed by atoms with E-state index >= 15 is 0 Å². The molecule has 0 aliphatic heterocycles. The van der Waals surface area contributed by atoms with E-state index in [-0.39, 0.29) is 11.6 Å². The SMILES string of the molecule is Cc1cc2nc(-c3[nH]ncc3NC(=O)NC(C)(C)C)[nH]c2cc1C. The number of aromatic nitrogens is 4. The molecule has 3 rings (SSSR count). The molecule has 24 heavy (non-hydrogen) atoms. The third-order valence-corrected chi connectivity index (χ3v) is 3.71. The number of carbonyl (C=O) groups is 1. The summed E-state index contributed by atoms with van der Waals surface area (Å²) in [5, 5.41) is 12.6. The number of benzene rings is 1. The Labute approximate surface area is 140 Å². The van der Waals surface area contributed by atoms with Gasteiger partial charge >= 0.3 is 6.03 Å². The van der Waals surface area contributed by atoms with E-state index in [0.717, 1.165) is 11.0 Å². The van der Waals surface area contributed by atoms with E-state index in [1.807, 2.05) is 26.8 Å². The summed E-state index contributed by atoms with van der Waals surface area (Å²) in [4.78, 5) is 20.0. The largest absolute Gasteiger partial charge is 0.337 e. The first kappa shape index (κ1) is 16.0. The van der Waals surface area contributed by atoms with Gasteiger partial charge in [-0.15, -0.1) is 0 Å². The fourth-order valence-electron chi connectivity index (χ4n) is 2.44. The van der Waals surface area contributed by atoms with Gasteiger partial charge in [0.15, 0.2) is 5.82 Å². The van der Waals surface area contributed by atoms with Crippen molar-refractivity contribution in [2.75, 3.05) is 5.32 Å². The zero-order valence-electron chi connectivity index (χ0n) is 14.5. The minimum absolute atomic E-state index is 0.284. The van der Waals surface area contributed by atoms with E-state index < -0.39 is 0 Å². The van der Waals surface area contributed by atoms with Crippen LogP contribution in [-0.2, 0) is 0 Å². The van der Waals surface area contributed by atoms with Gasteiger partial charge in [-0.25, -0.2) is 9.78 Å². The van der Waals surface area contributed by atoms with Crippen LogP contribution in [0.1, 0.15) is 31.9 Å². The van der Waals surface area contributed by atoms with Crippen LogP contribution >= 0.6 is 0 Å². The molecule has 0 atom stereocenters. The van der Waals surface area contributed by atoms with E-state index in [9.17, 15) is 4.79 Å². The first-order chi connectivity index (χ1) is 11.2. The Balaban J connectivity index is 1.91. The van der Waals surface area contributed by atoms with E-state index in [1.165, 1.54) is 11.1 Å². The molecule has 126 valence electrons. The molecule has 1 aromatic carbocycles. The molecule has 0 saturated carbocycles. The van der Waals surface area contributed by atoms with Gasteiger partial charge in [0.25, 0.3) is 0 Å². The summed E-state index contributed by atoms with van der Waals surface area (Å²) >= 11 is 0. The lowest BCUT2D eigenvalue weighted by Gasteiger charge is -2.20. The van der Waals surface area contributed by atoms with Crippen molar-refractivity contribution in [1.29, 1.82) is 0 Å². The fourth-order valence-corrected chi connectivity index (χ4v) is 2.44. The van der Waals surface area contributed by atoms with Gasteiger partial charge in [0.2, 0.25) is 0 Å². The normalized spacial score (nSPS) is 11.7. The second kappa shape index (κ2) is 5.67. The van der Waals surface area contributed by atoms with Crippen molar-refractivity contribution in [3.05, 3.63) is 29.5 Å². The van der Waals surface area contributed by atoms with Crippen LogP contribution in [0.15, 0.2) is 18.3 Å². The molecule has 7 nitrogen and oxygen atoms in total. The number of rotatable bonds is 2. The van der Waals surface area contributed by atoms with Crippen molar-refractivity contribution >= 4 is 22.8 Å². The third kappa shape index (κ3) is 3.24. The van der Waals surface area contributed by atoms with E-state index in [2.05, 4.69) is 50.7 Å². The molecule has 0 radical (unpaired) electrons. The van der Waals surface area contributed by atoms with Crippen LogP contribution in [0, 0.1) is 13.8 Å². The maximum atomic E-state index is 12.1. The van der Waals surface area contributed by atoms with Crippen molar-refractivity contribution in [2.24, 2.45) is 0 Å². The molecule has 0 aliphatic rings. The first-order valence-corrected chi connectivity index (χ1v) is 7.83. The van der Waals surface area contributed by atoms with Crippen LogP contribution in [0.25, 0.3) is 22.6 Å². The van der Waals surface area contributed by atoms with Crippen molar-refractivity contribution in [1.82, 2.24) is 25.5 Å². The molecule has 0 spiro atoms. The highest BCUT2D eigenvalue weighted by molar-refractivity contribution is 5.93. The summed E-state index contributed by atoms with van der Waals surface area (Å²) in [6.45, 7) is 9.89. The molecule has 0 fully saturated rings. The molecule has 0 unspecified atom stereocenters. The summed E-state index contributed by atoms with van der Waals surface area (Å²) in [7, 11) is 0. The lowest BCUT2D eigenvalue weighted by molar-refractivity contribution is 0.244. The molecular weight excluding hydrogens is 304 g/mol. The van der Waals surface area contributed by atoms with Crippen LogP contribution in [0.3, 0.4) is 0 Å². The van der Waals surface area contributed by atoms with Gasteiger partial charge in [0.1, 0.15) is 5.69 Å². The first-order valence-electron chi connectivity index (χ1n) is 7.83. The number of carbonyl (C=O) groups excluding carboxylic acids is 1. The predicted molar refractivity (Wildman–Crippen MR) is 95.1 cm³/mol. The molecule has 3 aromatic rings. The van der Waals surface area contributed by atoms with Crippen LogP contribution in [0.4, 0.5) is 10.5 Å². The Morgan fingerprint density at radius 1 is 1.17 bits per heavy atom. The Kier molecular flexibility index (Phi) is 3.79. The maximum absolute atomic E-state index is 12.1. The van der Waals surface area contributed by atoms with E-state index in [0.29, 0.717) is 17.2 Å². The molecule has 2 aromatic heterocycles. The third-order valence-electron chi connectivity index (χ3n) is 3.71. The summed E-state index contributed by atoms with van der Waals surface area (Å²) in [6, 6.07) is 3.82. The number of amides is 2. The topological polar surface area (TPSA) is 98.5 Å². The number of aryl methyl sites for hydroxylation is 2. The second-order valence-corrected chi connectivity index (χ2v) is 7.03. The Morgan fingerprint density at radius 2 is 1.88 bits per heavy atom. The average molecular weight is 326 g/mol. The van der Waals surface area contributed by atoms with E-state index in [4.69, 9.17) is 0 Å². The lowest BCUT2D eigenvalue weighted by Crippen LogP contribution is -2.43. The van der Waals surface area contributed by atoms with Gasteiger partial charge in [-0.3, -0.25) is 5.10 Å². The number of H-pyrrole nitrogens is 2. The molecule has 2 amide bonds. The monoisotopic (exact) mass is 326 g/mol. The van der Waals surface area contributed by atoms with Gasteiger partial charge in [0.05, 0.1) is 22.9 Å². The molecule has 0 saturated heterocycles. The van der Waals surface area contributed by atoms with Crippen molar-refractivity contribution in [3.63, 3.8) is 0 Å². The highest BCUT2D eigenvalue weighted by Gasteiger charge is 2.18. The number of fused-ring (bicyclic) bond motifs is 1. The number of aromatic amines is 2. The van der Waals surface area contributed by atoms with Crippen LogP contribution in [0.2, 0.25) is 0 Å². The fraction of sp³-hybridized carbons (Fsp3) is 0.353. The number of hydrogen-bond donors (Lipinski definition) is 4. The zero-order chi connectivity index (χ0) is 17.5. The molecular formula is C17H22N6O. The van der Waals surface area contributed by atoms with Gasteiger partial charge in [-0.2, -0.15) is 5.10 Å². The molecule has 4 N–H and O–H groups in total. The highest BCUT2D eigenvalue weighted by atomic mass is 16.2. The van der Waals surface area contributed by atoms with Gasteiger partial charge in [-0.05, 0) is 57.9 Å². The van der Waals surface area contributed by atoms with Crippen molar-refractivity contribution in [3.8, 4) is 11.5 Å². The summed E-state index contributed by atoms with van der Waals surface area (Å²) in [5.74, 6) is 0.638. The number of hydrogen-bond acceptors (Lipinski definition) is 3. The van der Waals surface area contributed by atoms with Crippen molar-refractivity contribution < 1.29 is 4.79 Å². The minimum atomic E-state index is -0.317. The Hall–Kier alpha value is -2.83. The average Bonchev–Trinajstić information content (AvgIpc) is 3.03. The van der Waals surface area contributed by atoms with Gasteiger partial charge in [-0.1, -0.05) is 0 Å². The number of nitrogens with zero attached hydrogens (tertiary/aromatic N) is 2. The summed E-state index contributed by atoms with van der Waals surface area (Å²) < 4.78 is 0. The van der Waals surface area contributed by atoms with Crippen molar-refractivity contribution in [2.45, 2.75) is 40.2 Å². The van der Waals surface area contributed by atoms with Gasteiger partial charge < -0.3 is 15.6 Å². The molecule has 2 heterocycles. The smallest absolute Gasteiger partial charge is 0.319 e. The summed E-state index contributed by atoms with van der Waals surface area (Å²) in [6.07, 6.45) is 1.57. The minimum Gasteiger partial charge on any atom is -0.337 e. The number of imidazole rings is 1. The maximum Gasteiger partial charge on any atom is 0.319 e. The molecule has 0 aliphatic carbocycles.